The van der Waals surface area contributed by atoms with Crippen LogP contribution in [-0.2, 0) is 4.79 Å². The molecule has 8 heteroatoms. The molecule has 0 aliphatic heterocycles. The van der Waals surface area contributed by atoms with Gasteiger partial charge in [0.05, 0.1) is 23.0 Å². The van der Waals surface area contributed by atoms with Crippen molar-refractivity contribution in [3.05, 3.63) is 60.3 Å². The second-order valence-electron chi connectivity index (χ2n) is 6.37. The molecule has 0 saturated heterocycles. The van der Waals surface area contributed by atoms with Gasteiger partial charge in [0.25, 0.3) is 0 Å². The fourth-order valence-electron chi connectivity index (χ4n) is 2.82. The van der Waals surface area contributed by atoms with Gasteiger partial charge in [0.1, 0.15) is 11.6 Å². The molecule has 2 aromatic carbocycles. The lowest BCUT2D eigenvalue weighted by molar-refractivity contribution is -0.115. The Kier molecular flexibility index (Phi) is 5.82. The maximum Gasteiger partial charge on any atom is 0.226 e. The number of aryl methyl sites for hydroxylation is 1. The highest BCUT2D eigenvalue weighted by Gasteiger charge is 2.14. The van der Waals surface area contributed by atoms with Crippen molar-refractivity contribution in [2.24, 2.45) is 0 Å². The maximum atomic E-state index is 12.5. The Morgan fingerprint density at radius 1 is 1.21 bits per heavy atom. The van der Waals surface area contributed by atoms with E-state index in [0.717, 1.165) is 31.7 Å². The molecule has 0 aliphatic carbocycles. The predicted octanol–water partition coefficient (Wildman–Crippen LogP) is 4.92. The van der Waals surface area contributed by atoms with Gasteiger partial charge >= 0.3 is 0 Å². The summed E-state index contributed by atoms with van der Waals surface area (Å²) in [7, 11) is 1.65. The lowest BCUT2D eigenvalue weighted by atomic mass is 10.3. The minimum atomic E-state index is -0.0479. The number of thiazole rings is 1. The SMILES string of the molecule is COc1ccc(SCCC(=O)Nc2cc(C)nn2-c2nc3ccccc3s2)cc1. The number of hydrogen-bond donors (Lipinski definition) is 1. The number of thioether (sulfide) groups is 1. The van der Waals surface area contributed by atoms with Crippen molar-refractivity contribution >= 4 is 45.0 Å². The number of methoxy groups -OCH3 is 1. The zero-order valence-corrected chi connectivity index (χ0v) is 17.7. The van der Waals surface area contributed by atoms with Crippen LogP contribution in [0.15, 0.2) is 59.5 Å². The molecule has 0 unspecified atom stereocenters. The molecule has 148 valence electrons. The molecule has 4 aromatic rings. The van der Waals surface area contributed by atoms with Crippen LogP contribution in [0.3, 0.4) is 0 Å². The Labute approximate surface area is 176 Å². The number of carbonyl (C=O) groups is 1. The number of ether oxygens (including phenoxy) is 1. The summed E-state index contributed by atoms with van der Waals surface area (Å²) in [4.78, 5) is 18.2. The maximum absolute atomic E-state index is 12.5. The van der Waals surface area contributed by atoms with Gasteiger partial charge in [0.15, 0.2) is 0 Å². The van der Waals surface area contributed by atoms with Crippen LogP contribution >= 0.6 is 23.1 Å². The third kappa shape index (κ3) is 4.60. The van der Waals surface area contributed by atoms with Crippen LogP contribution in [0.1, 0.15) is 12.1 Å². The molecule has 2 aromatic heterocycles. The minimum absolute atomic E-state index is 0.0479. The van der Waals surface area contributed by atoms with E-state index in [0.29, 0.717) is 18.0 Å². The molecule has 0 bridgehead atoms. The Hall–Kier alpha value is -2.84. The number of aromatic nitrogens is 3. The summed E-state index contributed by atoms with van der Waals surface area (Å²) in [6.45, 7) is 1.90. The van der Waals surface area contributed by atoms with Gasteiger partial charge < -0.3 is 10.1 Å². The van der Waals surface area contributed by atoms with Crippen LogP contribution in [0, 0.1) is 6.92 Å². The highest BCUT2D eigenvalue weighted by atomic mass is 32.2. The molecule has 0 saturated carbocycles. The van der Waals surface area contributed by atoms with Gasteiger partial charge in [-0.1, -0.05) is 23.5 Å². The van der Waals surface area contributed by atoms with Gasteiger partial charge in [-0.05, 0) is 43.3 Å². The number of carbonyl (C=O) groups excluding carboxylic acids is 1. The molecule has 2 heterocycles. The van der Waals surface area contributed by atoms with Crippen LogP contribution in [0.25, 0.3) is 15.3 Å². The number of amides is 1. The monoisotopic (exact) mass is 424 g/mol. The van der Waals surface area contributed by atoms with Crippen LogP contribution in [0.4, 0.5) is 5.82 Å². The number of hydrogen-bond acceptors (Lipinski definition) is 6. The molecule has 1 N–H and O–H groups in total. The first-order valence-electron chi connectivity index (χ1n) is 9.12. The Balaban J connectivity index is 1.40. The van der Waals surface area contributed by atoms with Gasteiger partial charge in [0, 0.05) is 23.1 Å². The third-order valence-corrected chi connectivity index (χ3v) is 6.25. The van der Waals surface area contributed by atoms with E-state index in [9.17, 15) is 4.79 Å². The molecular weight excluding hydrogens is 404 g/mol. The van der Waals surface area contributed by atoms with Crippen molar-refractivity contribution in [3.8, 4) is 10.9 Å². The quantitative estimate of drug-likeness (QED) is 0.427. The average Bonchev–Trinajstić information content (AvgIpc) is 3.31. The fraction of sp³-hybridized carbons (Fsp3) is 0.190. The molecule has 0 spiro atoms. The summed E-state index contributed by atoms with van der Waals surface area (Å²) in [6.07, 6.45) is 0.404. The molecule has 6 nitrogen and oxygen atoms in total. The predicted molar refractivity (Wildman–Crippen MR) is 118 cm³/mol. The minimum Gasteiger partial charge on any atom is -0.497 e. The zero-order chi connectivity index (χ0) is 20.2. The molecule has 0 atom stereocenters. The van der Waals surface area contributed by atoms with E-state index in [2.05, 4.69) is 15.4 Å². The first kappa shape index (κ1) is 19.5. The summed E-state index contributed by atoms with van der Waals surface area (Å²) >= 11 is 3.18. The summed E-state index contributed by atoms with van der Waals surface area (Å²) < 4.78 is 7.95. The lowest BCUT2D eigenvalue weighted by Crippen LogP contribution is -2.15. The summed E-state index contributed by atoms with van der Waals surface area (Å²) in [5.74, 6) is 2.10. The van der Waals surface area contributed by atoms with E-state index in [1.807, 2.05) is 61.5 Å². The van der Waals surface area contributed by atoms with E-state index < -0.39 is 0 Å². The first-order chi connectivity index (χ1) is 14.1. The van der Waals surface area contributed by atoms with E-state index in [4.69, 9.17) is 4.74 Å². The molecule has 29 heavy (non-hydrogen) atoms. The third-order valence-electron chi connectivity index (χ3n) is 4.22. The molecule has 0 fully saturated rings. The van der Waals surface area contributed by atoms with Crippen molar-refractivity contribution < 1.29 is 9.53 Å². The number of benzene rings is 2. The van der Waals surface area contributed by atoms with Gasteiger partial charge in [0.2, 0.25) is 11.0 Å². The number of fused-ring (bicyclic) bond motifs is 1. The van der Waals surface area contributed by atoms with Crippen LogP contribution in [0.2, 0.25) is 0 Å². The summed E-state index contributed by atoms with van der Waals surface area (Å²) in [6, 6.07) is 17.6. The Morgan fingerprint density at radius 3 is 2.76 bits per heavy atom. The number of anilines is 1. The summed E-state index contributed by atoms with van der Waals surface area (Å²) in [5.41, 5.74) is 1.75. The molecule has 0 aliphatic rings. The molecule has 4 rings (SSSR count). The van der Waals surface area contributed by atoms with E-state index in [1.165, 1.54) is 0 Å². The van der Waals surface area contributed by atoms with Crippen LogP contribution in [0.5, 0.6) is 5.75 Å². The zero-order valence-electron chi connectivity index (χ0n) is 16.1. The van der Waals surface area contributed by atoms with E-state index >= 15 is 0 Å². The van der Waals surface area contributed by atoms with E-state index in [-0.39, 0.29) is 5.91 Å². The molecule has 0 radical (unpaired) electrons. The van der Waals surface area contributed by atoms with Gasteiger partial charge in [-0.2, -0.15) is 9.78 Å². The summed E-state index contributed by atoms with van der Waals surface area (Å²) in [5, 5.41) is 8.22. The van der Waals surface area contributed by atoms with Crippen molar-refractivity contribution in [2.75, 3.05) is 18.2 Å². The first-order valence-corrected chi connectivity index (χ1v) is 10.9. The van der Waals surface area contributed by atoms with Gasteiger partial charge in [-0.3, -0.25) is 4.79 Å². The second-order valence-corrected chi connectivity index (χ2v) is 8.55. The normalized spacial score (nSPS) is 11.0. The molecule has 1 amide bonds. The fourth-order valence-corrected chi connectivity index (χ4v) is 4.61. The van der Waals surface area contributed by atoms with Crippen molar-refractivity contribution in [2.45, 2.75) is 18.2 Å². The number of nitrogens with zero attached hydrogens (tertiary/aromatic N) is 3. The van der Waals surface area contributed by atoms with E-state index in [1.54, 1.807) is 34.9 Å². The lowest BCUT2D eigenvalue weighted by Gasteiger charge is -2.07. The average molecular weight is 425 g/mol. The van der Waals surface area contributed by atoms with Gasteiger partial charge in [-0.25, -0.2) is 4.98 Å². The van der Waals surface area contributed by atoms with Crippen molar-refractivity contribution in [1.82, 2.24) is 14.8 Å². The number of para-hydroxylation sites is 1. The van der Waals surface area contributed by atoms with Gasteiger partial charge in [-0.15, -0.1) is 11.8 Å². The number of rotatable bonds is 7. The highest BCUT2D eigenvalue weighted by molar-refractivity contribution is 7.99. The highest BCUT2D eigenvalue weighted by Crippen LogP contribution is 2.27. The smallest absolute Gasteiger partial charge is 0.226 e. The standard InChI is InChI=1S/C21H20N4O2S2/c1-14-13-19(25(24-14)21-22-17-5-3-4-6-18(17)29-21)23-20(26)11-12-28-16-9-7-15(27-2)8-10-16/h3-10,13H,11-12H2,1-2H3,(H,23,26). The van der Waals surface area contributed by atoms with Crippen molar-refractivity contribution in [3.63, 3.8) is 0 Å². The molecular formula is C21H20N4O2S2. The van der Waals surface area contributed by atoms with Crippen LogP contribution < -0.4 is 10.1 Å². The largest absolute Gasteiger partial charge is 0.497 e. The topological polar surface area (TPSA) is 69.0 Å². The Morgan fingerprint density at radius 2 is 2.00 bits per heavy atom. The van der Waals surface area contributed by atoms with Crippen molar-refractivity contribution in [1.29, 1.82) is 0 Å². The number of nitrogens with one attached hydrogen (secondary N) is 1. The Bertz CT molecular complexity index is 1100. The second kappa shape index (κ2) is 8.67. The van der Waals surface area contributed by atoms with Crippen LogP contribution in [-0.4, -0.2) is 33.5 Å².